The Labute approximate surface area is 133 Å². The van der Waals surface area contributed by atoms with Crippen molar-refractivity contribution in [1.82, 2.24) is 5.32 Å². The molecule has 0 aliphatic rings. The van der Waals surface area contributed by atoms with Crippen LogP contribution in [0.4, 0.5) is 4.79 Å². The van der Waals surface area contributed by atoms with Gasteiger partial charge < -0.3 is 14.8 Å². The minimum atomic E-state index is -0.476. The molecule has 22 heavy (non-hydrogen) atoms. The summed E-state index contributed by atoms with van der Waals surface area (Å²) in [4.78, 5) is 11.5. The summed E-state index contributed by atoms with van der Waals surface area (Å²) in [6.07, 6.45) is 3.41. The van der Waals surface area contributed by atoms with E-state index in [-0.39, 0.29) is 5.60 Å². The molecular weight excluding hydrogens is 278 g/mol. The topological polar surface area (TPSA) is 47.6 Å². The molecule has 1 aromatic carbocycles. The lowest BCUT2D eigenvalue weighted by molar-refractivity contribution is 0.0534. The van der Waals surface area contributed by atoms with Crippen LogP contribution in [0.25, 0.3) is 6.08 Å². The van der Waals surface area contributed by atoms with Gasteiger partial charge in [-0.15, -0.1) is 0 Å². The molecule has 0 saturated carbocycles. The highest BCUT2D eigenvalue weighted by atomic mass is 16.6. The largest absolute Gasteiger partial charge is 0.488 e. The second-order valence-corrected chi connectivity index (χ2v) is 7.07. The monoisotopic (exact) mass is 305 g/mol. The molecule has 1 N–H and O–H groups in total. The van der Waals surface area contributed by atoms with Crippen molar-refractivity contribution in [2.45, 2.75) is 52.7 Å². The van der Waals surface area contributed by atoms with Gasteiger partial charge in [0, 0.05) is 6.54 Å². The molecule has 0 aliphatic heterocycles. The Morgan fingerprint density at radius 3 is 2.14 bits per heavy atom. The van der Waals surface area contributed by atoms with Gasteiger partial charge in [0.15, 0.2) is 0 Å². The van der Waals surface area contributed by atoms with Crippen LogP contribution in [0.15, 0.2) is 30.3 Å². The van der Waals surface area contributed by atoms with Crippen LogP contribution in [0, 0.1) is 0 Å². The Bertz CT molecular complexity index is 505. The normalized spacial score (nSPS) is 12.3. The first kappa shape index (κ1) is 18.1. The summed E-state index contributed by atoms with van der Waals surface area (Å²) in [7, 11) is 0. The van der Waals surface area contributed by atoms with Crippen LogP contribution in [0.3, 0.4) is 0 Å². The van der Waals surface area contributed by atoms with E-state index in [0.717, 1.165) is 11.3 Å². The fourth-order valence-corrected chi connectivity index (χ4v) is 1.65. The summed E-state index contributed by atoms with van der Waals surface area (Å²) in [6.45, 7) is 12.0. The Morgan fingerprint density at radius 1 is 1.05 bits per heavy atom. The van der Waals surface area contributed by atoms with E-state index in [9.17, 15) is 4.79 Å². The van der Waals surface area contributed by atoms with E-state index in [2.05, 4.69) is 5.32 Å². The van der Waals surface area contributed by atoms with Crippen LogP contribution in [0.2, 0.25) is 0 Å². The molecule has 0 heterocycles. The Balaban J connectivity index is 2.42. The summed E-state index contributed by atoms with van der Waals surface area (Å²) in [5, 5.41) is 2.68. The van der Waals surface area contributed by atoms with Gasteiger partial charge >= 0.3 is 6.09 Å². The first-order valence-electron chi connectivity index (χ1n) is 7.48. The number of hydrogen-bond donors (Lipinski definition) is 1. The smallest absolute Gasteiger partial charge is 0.407 e. The molecule has 0 atom stereocenters. The van der Waals surface area contributed by atoms with Crippen LogP contribution in [-0.2, 0) is 4.74 Å². The molecule has 4 heteroatoms. The molecular formula is C18H27NO3. The van der Waals surface area contributed by atoms with E-state index in [4.69, 9.17) is 9.47 Å². The van der Waals surface area contributed by atoms with Crippen LogP contribution < -0.4 is 10.1 Å². The van der Waals surface area contributed by atoms with Gasteiger partial charge in [-0.25, -0.2) is 4.79 Å². The maximum atomic E-state index is 11.5. The molecule has 0 bridgehead atoms. The summed E-state index contributed by atoms with van der Waals surface area (Å²) < 4.78 is 10.9. The number of alkyl carbamates (subject to hydrolysis) is 1. The standard InChI is InChI=1S/C18H27NO3/c1-17(2,3)21-15-11-9-14(10-12-15)8-7-13-19-16(20)22-18(4,5)6/h7-12H,13H2,1-6H3,(H,19,20). The maximum absolute atomic E-state index is 11.5. The number of ether oxygens (including phenoxy) is 2. The number of carbonyl (C=O) groups is 1. The van der Waals surface area contributed by atoms with Crippen LogP contribution in [0.5, 0.6) is 5.75 Å². The van der Waals surface area contributed by atoms with Gasteiger partial charge in [-0.1, -0.05) is 24.3 Å². The van der Waals surface area contributed by atoms with Crippen LogP contribution in [0.1, 0.15) is 47.1 Å². The molecule has 1 amide bonds. The molecule has 0 radical (unpaired) electrons. The number of amides is 1. The third-order valence-corrected chi connectivity index (χ3v) is 2.38. The number of nitrogens with one attached hydrogen (secondary N) is 1. The highest BCUT2D eigenvalue weighted by Crippen LogP contribution is 2.18. The van der Waals surface area contributed by atoms with Gasteiger partial charge in [-0.05, 0) is 59.2 Å². The van der Waals surface area contributed by atoms with Gasteiger partial charge in [-0.2, -0.15) is 0 Å². The van der Waals surface area contributed by atoms with Crippen molar-refractivity contribution in [2.75, 3.05) is 6.54 Å². The molecule has 1 aromatic rings. The zero-order chi connectivity index (χ0) is 16.8. The van der Waals surface area contributed by atoms with E-state index in [1.54, 1.807) is 0 Å². The number of benzene rings is 1. The lowest BCUT2D eigenvalue weighted by Gasteiger charge is -2.21. The molecule has 0 saturated heterocycles. The molecule has 4 nitrogen and oxygen atoms in total. The molecule has 122 valence electrons. The predicted octanol–water partition coefficient (Wildman–Crippen LogP) is 4.40. The third kappa shape index (κ3) is 8.35. The SMILES string of the molecule is CC(C)(C)OC(=O)NCC=Cc1ccc(OC(C)(C)C)cc1. The third-order valence-electron chi connectivity index (χ3n) is 2.38. The van der Waals surface area contributed by atoms with Crippen LogP contribution in [-0.4, -0.2) is 23.8 Å². The van der Waals surface area contributed by atoms with Crippen molar-refractivity contribution in [3.8, 4) is 5.75 Å². The molecule has 0 spiro atoms. The quantitative estimate of drug-likeness (QED) is 0.896. The highest BCUT2D eigenvalue weighted by Gasteiger charge is 2.15. The highest BCUT2D eigenvalue weighted by molar-refractivity contribution is 5.68. The lowest BCUT2D eigenvalue weighted by Crippen LogP contribution is -2.32. The number of rotatable bonds is 4. The Morgan fingerprint density at radius 2 is 1.64 bits per heavy atom. The molecule has 0 unspecified atom stereocenters. The maximum Gasteiger partial charge on any atom is 0.407 e. The lowest BCUT2D eigenvalue weighted by atomic mass is 10.1. The zero-order valence-corrected chi connectivity index (χ0v) is 14.4. The summed E-state index contributed by atoms with van der Waals surface area (Å²) in [5.41, 5.74) is 0.373. The first-order valence-corrected chi connectivity index (χ1v) is 7.48. The molecule has 0 fully saturated rings. The van der Waals surface area contributed by atoms with Gasteiger partial charge in [0.2, 0.25) is 0 Å². The van der Waals surface area contributed by atoms with Crippen molar-refractivity contribution in [1.29, 1.82) is 0 Å². The average Bonchev–Trinajstić information content (AvgIpc) is 2.32. The van der Waals surface area contributed by atoms with Crippen LogP contribution >= 0.6 is 0 Å². The van der Waals surface area contributed by atoms with Crippen molar-refractivity contribution in [3.63, 3.8) is 0 Å². The van der Waals surface area contributed by atoms with E-state index in [1.807, 2.05) is 78.0 Å². The van der Waals surface area contributed by atoms with E-state index in [0.29, 0.717) is 6.54 Å². The fourth-order valence-electron chi connectivity index (χ4n) is 1.65. The minimum absolute atomic E-state index is 0.200. The predicted molar refractivity (Wildman–Crippen MR) is 90.1 cm³/mol. The van der Waals surface area contributed by atoms with E-state index in [1.165, 1.54) is 0 Å². The van der Waals surface area contributed by atoms with Crippen molar-refractivity contribution < 1.29 is 14.3 Å². The minimum Gasteiger partial charge on any atom is -0.488 e. The van der Waals surface area contributed by atoms with E-state index < -0.39 is 11.7 Å². The molecule has 0 aliphatic carbocycles. The Kier molecular flexibility index (Phi) is 6.03. The summed E-state index contributed by atoms with van der Waals surface area (Å²) in [5.74, 6) is 0.844. The Hall–Kier alpha value is -1.97. The summed E-state index contributed by atoms with van der Waals surface area (Å²) >= 11 is 0. The van der Waals surface area contributed by atoms with Gasteiger partial charge in [0.05, 0.1) is 0 Å². The van der Waals surface area contributed by atoms with Crippen molar-refractivity contribution >= 4 is 12.2 Å². The van der Waals surface area contributed by atoms with E-state index >= 15 is 0 Å². The van der Waals surface area contributed by atoms with Crippen molar-refractivity contribution in [3.05, 3.63) is 35.9 Å². The van der Waals surface area contributed by atoms with Gasteiger partial charge in [0.1, 0.15) is 17.0 Å². The second-order valence-electron chi connectivity index (χ2n) is 7.07. The van der Waals surface area contributed by atoms with Gasteiger partial charge in [0.25, 0.3) is 0 Å². The summed E-state index contributed by atoms with van der Waals surface area (Å²) in [6, 6.07) is 7.83. The molecule has 0 aromatic heterocycles. The average molecular weight is 305 g/mol. The molecule has 1 rings (SSSR count). The number of carbonyl (C=O) groups excluding carboxylic acids is 1. The van der Waals surface area contributed by atoms with Gasteiger partial charge in [-0.3, -0.25) is 0 Å². The first-order chi connectivity index (χ1) is 10.1. The zero-order valence-electron chi connectivity index (χ0n) is 14.4. The second kappa shape index (κ2) is 7.34. The number of hydrogen-bond acceptors (Lipinski definition) is 3. The fraction of sp³-hybridized carbons (Fsp3) is 0.500. The van der Waals surface area contributed by atoms with Crippen molar-refractivity contribution in [2.24, 2.45) is 0 Å².